The first-order chi connectivity index (χ1) is 13.8. The lowest BCUT2D eigenvalue weighted by molar-refractivity contribution is -0.116. The smallest absolute Gasteiger partial charge is 0.496 e. The van der Waals surface area contributed by atoms with Gasteiger partial charge in [-0.05, 0) is 63.6 Å². The molecular weight excluding hydrogens is 374 g/mol. The highest BCUT2D eigenvalue weighted by molar-refractivity contribution is 6.24. The molecule has 7 heteroatoms. The van der Waals surface area contributed by atoms with Crippen molar-refractivity contribution in [1.29, 1.82) is 0 Å². The van der Waals surface area contributed by atoms with Crippen molar-refractivity contribution >= 4 is 17.6 Å². The van der Waals surface area contributed by atoms with Gasteiger partial charge < -0.3 is 24.3 Å². The number of rotatable bonds is 5. The van der Waals surface area contributed by atoms with Gasteiger partial charge in [-0.1, -0.05) is 6.07 Å². The highest BCUT2D eigenvalue weighted by Crippen LogP contribution is 2.46. The van der Waals surface area contributed by atoms with Crippen LogP contribution in [0, 0.1) is 13.8 Å². The van der Waals surface area contributed by atoms with Crippen molar-refractivity contribution < 1.29 is 28.5 Å². The number of hydrogen-bond donors (Lipinski definition) is 1. The Labute approximate surface area is 171 Å². The first-order valence-corrected chi connectivity index (χ1v) is 9.95. The molecule has 1 amide bonds. The van der Waals surface area contributed by atoms with Gasteiger partial charge in [0.2, 0.25) is 0 Å². The zero-order valence-corrected chi connectivity index (χ0v) is 17.7. The van der Waals surface area contributed by atoms with Gasteiger partial charge in [-0.2, -0.15) is 0 Å². The maximum atomic E-state index is 13.2. The van der Waals surface area contributed by atoms with Crippen molar-refractivity contribution in [2.45, 2.75) is 58.1 Å². The fraction of sp³-hybridized carbons (Fsp3) is 0.545. The van der Waals surface area contributed by atoms with Gasteiger partial charge in [0, 0.05) is 12.7 Å². The molecule has 2 aliphatic rings. The Bertz CT molecular complexity index is 836. The molecule has 0 saturated heterocycles. The molecule has 1 fully saturated rings. The van der Waals surface area contributed by atoms with Crippen molar-refractivity contribution in [1.82, 2.24) is 5.32 Å². The molecule has 158 valence electrons. The lowest BCUT2D eigenvalue weighted by atomic mass is 9.79. The number of nitrogens with one attached hydrogen (secondary N) is 1. The molecule has 3 rings (SSSR count). The minimum atomic E-state index is -0.812. The van der Waals surface area contributed by atoms with Crippen molar-refractivity contribution in [2.75, 3.05) is 20.8 Å². The van der Waals surface area contributed by atoms with E-state index in [1.165, 1.54) is 0 Å². The molecule has 1 N–H and O–H groups in total. The van der Waals surface area contributed by atoms with Gasteiger partial charge in [0.05, 0.1) is 30.9 Å². The molecule has 1 aliphatic heterocycles. The number of hydrogen-bond acceptors (Lipinski definition) is 6. The van der Waals surface area contributed by atoms with E-state index in [2.05, 4.69) is 5.32 Å². The van der Waals surface area contributed by atoms with Crippen LogP contribution in [0.15, 0.2) is 17.9 Å². The van der Waals surface area contributed by atoms with E-state index in [1.54, 1.807) is 21.1 Å². The van der Waals surface area contributed by atoms with Crippen LogP contribution in [0.5, 0.6) is 5.75 Å². The van der Waals surface area contributed by atoms with Gasteiger partial charge in [0.15, 0.2) is 5.76 Å². The van der Waals surface area contributed by atoms with E-state index in [9.17, 15) is 9.59 Å². The second-order valence-electron chi connectivity index (χ2n) is 7.62. The van der Waals surface area contributed by atoms with Gasteiger partial charge in [-0.25, -0.2) is 4.79 Å². The van der Waals surface area contributed by atoms with E-state index in [0.717, 1.165) is 24.0 Å². The summed E-state index contributed by atoms with van der Waals surface area (Å²) in [6.07, 6.45) is 2.05. The van der Waals surface area contributed by atoms with Gasteiger partial charge >= 0.3 is 6.16 Å². The highest BCUT2D eigenvalue weighted by atomic mass is 16.7. The molecule has 1 aliphatic carbocycles. The topological polar surface area (TPSA) is 83.1 Å². The standard InChI is InChI=1S/C22H29NO6/c1-6-28-21(25)29-19-18(17-14(3)11-13(2)12-16(17)27-5)20(24)23-22(19)9-7-15(26-4)8-10-22/h11-12,15H,6-10H2,1-5H3,(H,23,24). The molecule has 0 radical (unpaired) electrons. The Morgan fingerprint density at radius 2 is 1.90 bits per heavy atom. The zero-order chi connectivity index (χ0) is 21.2. The van der Waals surface area contributed by atoms with E-state index in [4.69, 9.17) is 18.9 Å². The molecule has 1 spiro atoms. The summed E-state index contributed by atoms with van der Waals surface area (Å²) in [5, 5.41) is 3.10. The van der Waals surface area contributed by atoms with E-state index in [-0.39, 0.29) is 18.6 Å². The molecule has 0 atom stereocenters. The lowest BCUT2D eigenvalue weighted by Gasteiger charge is -2.37. The van der Waals surface area contributed by atoms with Crippen LogP contribution in [0.3, 0.4) is 0 Å². The van der Waals surface area contributed by atoms with Gasteiger partial charge in [-0.3, -0.25) is 4.79 Å². The van der Waals surface area contributed by atoms with Crippen LogP contribution in [-0.2, 0) is 19.0 Å². The highest BCUT2D eigenvalue weighted by Gasteiger charge is 2.50. The summed E-state index contributed by atoms with van der Waals surface area (Å²) in [6.45, 7) is 5.78. The average Bonchev–Trinajstić information content (AvgIpc) is 2.93. The molecule has 1 heterocycles. The Kier molecular flexibility index (Phi) is 6.17. The van der Waals surface area contributed by atoms with Crippen molar-refractivity contribution in [3.8, 4) is 5.75 Å². The summed E-state index contributed by atoms with van der Waals surface area (Å²) in [7, 11) is 3.25. The SMILES string of the molecule is CCOC(=O)OC1=C(c2c(C)cc(C)cc2OC)C(=O)NC12CCC(OC)CC2. The minimum absolute atomic E-state index is 0.126. The van der Waals surface area contributed by atoms with Gasteiger partial charge in [-0.15, -0.1) is 0 Å². The molecule has 1 saturated carbocycles. The first-order valence-electron chi connectivity index (χ1n) is 9.95. The molecule has 1 aromatic rings. The van der Waals surface area contributed by atoms with Crippen LogP contribution in [-0.4, -0.2) is 44.5 Å². The van der Waals surface area contributed by atoms with Gasteiger partial charge in [0.25, 0.3) is 5.91 Å². The van der Waals surface area contributed by atoms with Crippen LogP contribution >= 0.6 is 0 Å². The number of aryl methyl sites for hydroxylation is 2. The second-order valence-corrected chi connectivity index (χ2v) is 7.62. The van der Waals surface area contributed by atoms with Crippen LogP contribution in [0.4, 0.5) is 4.79 Å². The third kappa shape index (κ3) is 3.96. The predicted octanol–water partition coefficient (Wildman–Crippen LogP) is 3.65. The van der Waals surface area contributed by atoms with Crippen molar-refractivity contribution in [3.05, 3.63) is 34.6 Å². The Balaban J connectivity index is 2.15. The monoisotopic (exact) mass is 403 g/mol. The van der Waals surface area contributed by atoms with E-state index in [1.807, 2.05) is 26.0 Å². The summed E-state index contributed by atoms with van der Waals surface area (Å²) in [5.74, 6) is 0.617. The number of methoxy groups -OCH3 is 2. The molecule has 7 nitrogen and oxygen atoms in total. The third-order valence-corrected chi connectivity index (χ3v) is 5.72. The van der Waals surface area contributed by atoms with Crippen LogP contribution < -0.4 is 10.1 Å². The Morgan fingerprint density at radius 1 is 1.21 bits per heavy atom. The molecule has 0 bridgehead atoms. The Hall–Kier alpha value is -2.54. The molecule has 1 aromatic carbocycles. The number of amides is 1. The van der Waals surface area contributed by atoms with E-state index < -0.39 is 11.7 Å². The predicted molar refractivity (Wildman–Crippen MR) is 108 cm³/mol. The first kappa shape index (κ1) is 21.2. The second kappa shape index (κ2) is 8.45. The van der Waals surface area contributed by atoms with Crippen molar-refractivity contribution in [2.24, 2.45) is 0 Å². The minimum Gasteiger partial charge on any atom is -0.496 e. The number of carbonyl (C=O) groups is 2. The molecular formula is C22H29NO6. The summed E-state index contributed by atoms with van der Waals surface area (Å²) in [4.78, 5) is 25.4. The fourth-order valence-electron chi connectivity index (χ4n) is 4.37. The fourth-order valence-corrected chi connectivity index (χ4v) is 4.37. The average molecular weight is 403 g/mol. The maximum Gasteiger partial charge on any atom is 0.513 e. The maximum absolute atomic E-state index is 13.2. The van der Waals surface area contributed by atoms with Crippen LogP contribution in [0.1, 0.15) is 49.3 Å². The molecule has 29 heavy (non-hydrogen) atoms. The summed E-state index contributed by atoms with van der Waals surface area (Å²) < 4.78 is 21.7. The number of benzene rings is 1. The van der Waals surface area contributed by atoms with E-state index >= 15 is 0 Å². The third-order valence-electron chi connectivity index (χ3n) is 5.72. The van der Waals surface area contributed by atoms with E-state index in [0.29, 0.717) is 35.5 Å². The van der Waals surface area contributed by atoms with Crippen LogP contribution in [0.25, 0.3) is 5.57 Å². The largest absolute Gasteiger partial charge is 0.513 e. The normalized spacial score (nSPS) is 23.9. The summed E-state index contributed by atoms with van der Waals surface area (Å²) in [5.41, 5.74) is 2.12. The lowest BCUT2D eigenvalue weighted by Crippen LogP contribution is -2.49. The van der Waals surface area contributed by atoms with Crippen molar-refractivity contribution in [3.63, 3.8) is 0 Å². The molecule has 0 unspecified atom stereocenters. The van der Waals surface area contributed by atoms with Gasteiger partial charge in [0.1, 0.15) is 5.75 Å². The zero-order valence-electron chi connectivity index (χ0n) is 17.7. The molecule has 0 aromatic heterocycles. The summed E-state index contributed by atoms with van der Waals surface area (Å²) >= 11 is 0. The van der Waals surface area contributed by atoms with Crippen LogP contribution in [0.2, 0.25) is 0 Å². The summed E-state index contributed by atoms with van der Waals surface area (Å²) in [6, 6.07) is 3.85. The number of carbonyl (C=O) groups excluding carboxylic acids is 2. The number of ether oxygens (including phenoxy) is 4. The quantitative estimate of drug-likeness (QED) is 0.756. The Morgan fingerprint density at radius 3 is 2.48 bits per heavy atom.